The number of amides is 2. The molecule has 1 saturated heterocycles. The third kappa shape index (κ3) is 4.40. The molecule has 5 heteroatoms. The van der Waals surface area contributed by atoms with Crippen molar-refractivity contribution in [3.8, 4) is 0 Å². The third-order valence-corrected chi connectivity index (χ3v) is 8.43. The van der Waals surface area contributed by atoms with Crippen molar-refractivity contribution in [3.05, 3.63) is 24.3 Å². The highest BCUT2D eigenvalue weighted by molar-refractivity contribution is 5.91. The van der Waals surface area contributed by atoms with E-state index >= 15 is 0 Å². The van der Waals surface area contributed by atoms with Crippen LogP contribution in [0.5, 0.6) is 0 Å². The molecule has 0 aromatic heterocycles. The Morgan fingerprint density at radius 1 is 0.906 bits per heavy atom. The fourth-order valence-electron chi connectivity index (χ4n) is 7.45. The molecule has 1 heterocycles. The van der Waals surface area contributed by atoms with Gasteiger partial charge in [0.05, 0.1) is 0 Å². The molecule has 174 valence electrons. The van der Waals surface area contributed by atoms with Crippen molar-refractivity contribution in [1.29, 1.82) is 0 Å². The van der Waals surface area contributed by atoms with Crippen molar-refractivity contribution in [2.24, 2.45) is 28.6 Å². The molecular weight excluding hydrogens is 398 g/mol. The first-order valence-corrected chi connectivity index (χ1v) is 12.6. The Balaban J connectivity index is 1.14. The Kier molecular flexibility index (Phi) is 5.50. The molecule has 1 aromatic carbocycles. The molecule has 2 amide bonds. The standard InChI is InChI=1S/C27H39N3O2/c1-26(2,3)25(32)30-10-8-29(9-11-30)23-6-4-22(5-7-23)28-24(31)18-27-15-19-12-20(16-27)14-21(13-19)17-27/h4-7,19-21H,8-18H2,1-3H3,(H,28,31). The molecule has 4 bridgehead atoms. The van der Waals surface area contributed by atoms with Crippen molar-refractivity contribution in [1.82, 2.24) is 4.90 Å². The molecule has 4 saturated carbocycles. The lowest BCUT2D eigenvalue weighted by Gasteiger charge is -2.56. The SMILES string of the molecule is CC(C)(C)C(=O)N1CCN(c2ccc(NC(=O)CC34CC5CC(CC(C5)C3)C4)cc2)CC1. The molecular formula is C27H39N3O2. The fourth-order valence-corrected chi connectivity index (χ4v) is 7.45. The summed E-state index contributed by atoms with van der Waals surface area (Å²) in [7, 11) is 0. The van der Waals surface area contributed by atoms with Gasteiger partial charge in [-0.15, -0.1) is 0 Å². The maximum Gasteiger partial charge on any atom is 0.228 e. The largest absolute Gasteiger partial charge is 0.368 e. The van der Waals surface area contributed by atoms with Crippen molar-refractivity contribution >= 4 is 23.2 Å². The molecule has 5 aliphatic rings. The van der Waals surface area contributed by atoms with Gasteiger partial charge in [0.1, 0.15) is 0 Å². The van der Waals surface area contributed by atoms with E-state index in [0.29, 0.717) is 6.42 Å². The Morgan fingerprint density at radius 2 is 1.44 bits per heavy atom. The number of rotatable bonds is 4. The quantitative estimate of drug-likeness (QED) is 0.727. The Hall–Kier alpha value is -2.04. The van der Waals surface area contributed by atoms with E-state index in [9.17, 15) is 9.59 Å². The molecule has 0 spiro atoms. The maximum absolute atomic E-state index is 12.9. The molecule has 0 radical (unpaired) electrons. The van der Waals surface area contributed by atoms with E-state index in [1.54, 1.807) is 0 Å². The molecule has 5 fully saturated rings. The number of hydrogen-bond acceptors (Lipinski definition) is 3. The van der Waals surface area contributed by atoms with Gasteiger partial charge in [0.25, 0.3) is 0 Å². The zero-order chi connectivity index (χ0) is 22.5. The lowest BCUT2D eigenvalue weighted by atomic mass is 9.49. The number of nitrogens with zero attached hydrogens (tertiary/aromatic N) is 2. The van der Waals surface area contributed by atoms with Crippen LogP contribution in [0.2, 0.25) is 0 Å². The highest BCUT2D eigenvalue weighted by Gasteiger charge is 2.51. The van der Waals surface area contributed by atoms with Crippen LogP contribution in [0.25, 0.3) is 0 Å². The summed E-state index contributed by atoms with van der Waals surface area (Å²) in [5.41, 5.74) is 2.01. The third-order valence-electron chi connectivity index (χ3n) is 8.43. The van der Waals surface area contributed by atoms with Crippen LogP contribution in [0.4, 0.5) is 11.4 Å². The average Bonchev–Trinajstić information content (AvgIpc) is 2.72. The summed E-state index contributed by atoms with van der Waals surface area (Å²) in [5, 5.41) is 3.18. The van der Waals surface area contributed by atoms with Crippen LogP contribution >= 0.6 is 0 Å². The molecule has 0 unspecified atom stereocenters. The second-order valence-corrected chi connectivity index (χ2v) is 12.2. The number of carbonyl (C=O) groups excluding carboxylic acids is 2. The van der Waals surface area contributed by atoms with E-state index in [1.165, 1.54) is 38.5 Å². The molecule has 5 nitrogen and oxygen atoms in total. The van der Waals surface area contributed by atoms with Crippen molar-refractivity contribution in [2.75, 3.05) is 36.4 Å². The predicted octanol–water partition coefficient (Wildman–Crippen LogP) is 4.93. The molecule has 32 heavy (non-hydrogen) atoms. The van der Waals surface area contributed by atoms with Crippen molar-refractivity contribution in [3.63, 3.8) is 0 Å². The van der Waals surface area contributed by atoms with Gasteiger partial charge >= 0.3 is 0 Å². The zero-order valence-electron chi connectivity index (χ0n) is 20.0. The monoisotopic (exact) mass is 437 g/mol. The first-order valence-electron chi connectivity index (χ1n) is 12.6. The summed E-state index contributed by atoms with van der Waals surface area (Å²) in [6.45, 7) is 9.17. The van der Waals surface area contributed by atoms with Crippen LogP contribution in [0, 0.1) is 28.6 Å². The van der Waals surface area contributed by atoms with E-state index in [4.69, 9.17) is 0 Å². The Morgan fingerprint density at radius 3 is 1.94 bits per heavy atom. The summed E-state index contributed by atoms with van der Waals surface area (Å²) in [6.07, 6.45) is 8.77. The van der Waals surface area contributed by atoms with Gasteiger partial charge in [-0.3, -0.25) is 9.59 Å². The van der Waals surface area contributed by atoms with Crippen LogP contribution in [-0.2, 0) is 9.59 Å². The number of carbonyl (C=O) groups is 2. The summed E-state index contributed by atoms with van der Waals surface area (Å²) in [4.78, 5) is 29.7. The molecule has 6 rings (SSSR count). The number of anilines is 2. The fraction of sp³-hybridized carbons (Fsp3) is 0.704. The second-order valence-electron chi connectivity index (χ2n) is 12.2. The first-order chi connectivity index (χ1) is 15.2. The van der Waals surface area contributed by atoms with Crippen molar-refractivity contribution < 1.29 is 9.59 Å². The summed E-state index contributed by atoms with van der Waals surface area (Å²) in [5.74, 6) is 3.07. The molecule has 0 atom stereocenters. The summed E-state index contributed by atoms with van der Waals surface area (Å²) < 4.78 is 0. The summed E-state index contributed by atoms with van der Waals surface area (Å²) in [6, 6.07) is 8.25. The van der Waals surface area contributed by atoms with Gasteiger partial charge in [-0.1, -0.05) is 20.8 Å². The van der Waals surface area contributed by atoms with Gasteiger partial charge in [-0.25, -0.2) is 0 Å². The van der Waals surface area contributed by atoms with E-state index in [2.05, 4.69) is 22.3 Å². The summed E-state index contributed by atoms with van der Waals surface area (Å²) >= 11 is 0. The minimum Gasteiger partial charge on any atom is -0.368 e. The predicted molar refractivity (Wildman–Crippen MR) is 129 cm³/mol. The lowest BCUT2D eigenvalue weighted by Crippen LogP contribution is -2.51. The highest BCUT2D eigenvalue weighted by atomic mass is 16.2. The molecule has 1 N–H and O–H groups in total. The van der Waals surface area contributed by atoms with Crippen LogP contribution < -0.4 is 10.2 Å². The van der Waals surface area contributed by atoms with Gasteiger partial charge in [0, 0.05) is 49.4 Å². The lowest BCUT2D eigenvalue weighted by molar-refractivity contribution is -0.139. The van der Waals surface area contributed by atoms with E-state index < -0.39 is 0 Å². The van der Waals surface area contributed by atoms with Crippen LogP contribution in [0.1, 0.15) is 65.7 Å². The zero-order valence-corrected chi connectivity index (χ0v) is 20.0. The number of piperazine rings is 1. The number of hydrogen-bond donors (Lipinski definition) is 1. The van der Waals surface area contributed by atoms with Gasteiger partial charge < -0.3 is 15.1 Å². The van der Waals surface area contributed by atoms with E-state index in [-0.39, 0.29) is 22.6 Å². The maximum atomic E-state index is 12.9. The van der Waals surface area contributed by atoms with Crippen LogP contribution in [0.3, 0.4) is 0 Å². The second kappa shape index (κ2) is 8.07. The molecule has 4 aliphatic carbocycles. The normalized spacial score (nSPS) is 31.7. The minimum absolute atomic E-state index is 0.189. The molecule has 1 aliphatic heterocycles. The van der Waals surface area contributed by atoms with E-state index in [1.807, 2.05) is 37.8 Å². The minimum atomic E-state index is -0.321. The number of benzene rings is 1. The van der Waals surface area contributed by atoms with Gasteiger partial charge in [-0.2, -0.15) is 0 Å². The first kappa shape index (κ1) is 21.8. The average molecular weight is 438 g/mol. The smallest absolute Gasteiger partial charge is 0.228 e. The van der Waals surface area contributed by atoms with Gasteiger partial charge in [0.2, 0.25) is 11.8 Å². The Labute approximate surface area is 192 Å². The van der Waals surface area contributed by atoms with E-state index in [0.717, 1.165) is 55.3 Å². The van der Waals surface area contributed by atoms with Crippen LogP contribution in [0.15, 0.2) is 24.3 Å². The topological polar surface area (TPSA) is 52.7 Å². The van der Waals surface area contributed by atoms with Gasteiger partial charge in [0.15, 0.2) is 0 Å². The van der Waals surface area contributed by atoms with Crippen molar-refractivity contribution in [2.45, 2.75) is 65.7 Å². The molecule has 1 aromatic rings. The van der Waals surface area contributed by atoms with Crippen LogP contribution in [-0.4, -0.2) is 42.9 Å². The number of nitrogens with one attached hydrogen (secondary N) is 1. The van der Waals surface area contributed by atoms with Gasteiger partial charge in [-0.05, 0) is 86.0 Å². The highest BCUT2D eigenvalue weighted by Crippen LogP contribution is 2.61. The Bertz CT molecular complexity index is 827.